The molecule has 6 nitrogen and oxygen atoms in total. The first-order valence-corrected chi connectivity index (χ1v) is 16.5. The first-order valence-electron chi connectivity index (χ1n) is 16.5. The van der Waals surface area contributed by atoms with E-state index in [2.05, 4.69) is 35.9 Å². The molecule has 3 N–H and O–H groups in total. The normalized spacial score (nSPS) is 10.6. The fraction of sp³-hybridized carbons (Fsp3) is 0.853. The van der Waals surface area contributed by atoms with Gasteiger partial charge >= 0.3 is 0 Å². The molecule has 0 aromatic rings. The van der Waals surface area contributed by atoms with Gasteiger partial charge in [-0.2, -0.15) is 0 Å². The summed E-state index contributed by atoms with van der Waals surface area (Å²) in [4.78, 5) is 11.9. The topological polar surface area (TPSA) is 82.8 Å². The molecule has 1 amide bonds. The SMILES string of the molecule is CCCCCCCCCCCCCC#CC#CCCCCCCCCC(=O)NCCOCCOCCOCCN. The van der Waals surface area contributed by atoms with Crippen molar-refractivity contribution in [3.05, 3.63) is 0 Å². The highest BCUT2D eigenvalue weighted by Crippen LogP contribution is 2.12. The highest BCUT2D eigenvalue weighted by molar-refractivity contribution is 5.75. The highest BCUT2D eigenvalue weighted by atomic mass is 16.5. The number of hydrogen-bond acceptors (Lipinski definition) is 5. The number of nitrogens with one attached hydrogen (secondary N) is 1. The molecule has 0 aliphatic rings. The lowest BCUT2D eigenvalue weighted by atomic mass is 10.1. The lowest BCUT2D eigenvalue weighted by Gasteiger charge is -2.07. The van der Waals surface area contributed by atoms with Crippen LogP contribution in [-0.4, -0.2) is 58.6 Å². The van der Waals surface area contributed by atoms with Crippen molar-refractivity contribution in [2.24, 2.45) is 5.73 Å². The van der Waals surface area contributed by atoms with E-state index in [1.165, 1.54) is 89.9 Å². The number of ether oxygens (including phenoxy) is 3. The first kappa shape index (κ1) is 38.4. The van der Waals surface area contributed by atoms with Crippen LogP contribution in [0.15, 0.2) is 0 Å². The Labute approximate surface area is 247 Å². The maximum Gasteiger partial charge on any atom is 0.220 e. The zero-order valence-electron chi connectivity index (χ0n) is 26.0. The quantitative estimate of drug-likeness (QED) is 0.0732. The van der Waals surface area contributed by atoms with Gasteiger partial charge in [0.05, 0.1) is 39.6 Å². The second-order valence-corrected chi connectivity index (χ2v) is 10.5. The summed E-state index contributed by atoms with van der Waals surface area (Å²) in [5.74, 6) is 12.5. The molecule has 0 bridgehead atoms. The van der Waals surface area contributed by atoms with Gasteiger partial charge in [0.15, 0.2) is 0 Å². The number of carbonyl (C=O) groups is 1. The van der Waals surface area contributed by atoms with Crippen molar-refractivity contribution in [3.8, 4) is 23.7 Å². The van der Waals surface area contributed by atoms with Gasteiger partial charge in [0.1, 0.15) is 0 Å². The molecular weight excluding hydrogens is 500 g/mol. The maximum absolute atomic E-state index is 11.9. The largest absolute Gasteiger partial charge is 0.378 e. The van der Waals surface area contributed by atoms with E-state index in [0.717, 1.165) is 32.1 Å². The van der Waals surface area contributed by atoms with Crippen molar-refractivity contribution >= 4 is 5.91 Å². The molecule has 0 atom stereocenters. The molecule has 6 heteroatoms. The molecule has 0 fully saturated rings. The van der Waals surface area contributed by atoms with Crippen molar-refractivity contribution in [2.45, 2.75) is 135 Å². The van der Waals surface area contributed by atoms with Crippen LogP contribution in [0.2, 0.25) is 0 Å². The minimum absolute atomic E-state index is 0.108. The summed E-state index contributed by atoms with van der Waals surface area (Å²) in [5, 5.41) is 2.91. The molecular formula is C34H62N2O4. The Balaban J connectivity index is 3.29. The zero-order valence-corrected chi connectivity index (χ0v) is 26.0. The Kier molecular flexibility index (Phi) is 34.1. The molecule has 0 unspecified atom stereocenters. The summed E-state index contributed by atoms with van der Waals surface area (Å²) >= 11 is 0. The summed E-state index contributed by atoms with van der Waals surface area (Å²) in [6.07, 6.45) is 24.4. The van der Waals surface area contributed by atoms with E-state index in [0.29, 0.717) is 59.2 Å². The molecule has 0 saturated heterocycles. The Hall–Kier alpha value is -1.57. The van der Waals surface area contributed by atoms with Gasteiger partial charge in [0, 0.05) is 32.4 Å². The second kappa shape index (κ2) is 35.5. The average Bonchev–Trinajstić information content (AvgIpc) is 2.96. The molecule has 40 heavy (non-hydrogen) atoms. The molecule has 0 saturated carbocycles. The predicted molar refractivity (Wildman–Crippen MR) is 168 cm³/mol. The number of amides is 1. The summed E-state index contributed by atoms with van der Waals surface area (Å²) < 4.78 is 16.0. The lowest BCUT2D eigenvalue weighted by molar-refractivity contribution is -0.121. The van der Waals surface area contributed by atoms with Crippen LogP contribution in [0.4, 0.5) is 0 Å². The fourth-order valence-electron chi connectivity index (χ4n) is 4.27. The van der Waals surface area contributed by atoms with Crippen molar-refractivity contribution in [2.75, 3.05) is 52.7 Å². The number of carbonyl (C=O) groups excluding carboxylic acids is 1. The van der Waals surface area contributed by atoms with Gasteiger partial charge < -0.3 is 25.3 Å². The maximum atomic E-state index is 11.9. The molecule has 0 radical (unpaired) electrons. The standard InChI is InChI=1S/C34H62N2O4/c1-2-3-4-5-6-7-8-9-10-11-12-13-14-15-16-17-18-19-20-21-22-23-24-25-34(37)36-27-29-39-31-33-40-32-30-38-28-26-35/h2-13,18-33,35H2,1H3,(H,36,37). The van der Waals surface area contributed by atoms with Crippen molar-refractivity contribution in [3.63, 3.8) is 0 Å². The zero-order chi connectivity index (χ0) is 29.0. The van der Waals surface area contributed by atoms with Gasteiger partial charge in [-0.05, 0) is 31.1 Å². The predicted octanol–water partition coefficient (Wildman–Crippen LogP) is 6.94. The lowest BCUT2D eigenvalue weighted by Crippen LogP contribution is -2.27. The van der Waals surface area contributed by atoms with Gasteiger partial charge in [-0.3, -0.25) is 4.79 Å². The molecule has 0 aliphatic heterocycles. The van der Waals surface area contributed by atoms with Crippen molar-refractivity contribution in [1.82, 2.24) is 5.32 Å². The smallest absolute Gasteiger partial charge is 0.220 e. The van der Waals surface area contributed by atoms with Crippen molar-refractivity contribution < 1.29 is 19.0 Å². The molecule has 0 aliphatic carbocycles. The van der Waals surface area contributed by atoms with E-state index in [1.807, 2.05) is 0 Å². The molecule has 232 valence electrons. The molecule has 0 aromatic heterocycles. The van der Waals surface area contributed by atoms with Crippen LogP contribution in [0, 0.1) is 23.7 Å². The number of rotatable bonds is 30. The van der Waals surface area contributed by atoms with Crippen LogP contribution in [0.25, 0.3) is 0 Å². The van der Waals surface area contributed by atoms with Crippen LogP contribution >= 0.6 is 0 Å². The van der Waals surface area contributed by atoms with Gasteiger partial charge in [-0.15, -0.1) is 0 Å². The monoisotopic (exact) mass is 562 g/mol. The second-order valence-electron chi connectivity index (χ2n) is 10.5. The number of hydrogen-bond donors (Lipinski definition) is 2. The van der Waals surface area contributed by atoms with Crippen LogP contribution < -0.4 is 11.1 Å². The number of unbranched alkanes of at least 4 members (excludes halogenated alkanes) is 17. The van der Waals surface area contributed by atoms with Gasteiger partial charge in [0.25, 0.3) is 0 Å². The van der Waals surface area contributed by atoms with Gasteiger partial charge in [-0.1, -0.05) is 109 Å². The Bertz CT molecular complexity index is 648. The van der Waals surface area contributed by atoms with Gasteiger partial charge in [-0.25, -0.2) is 0 Å². The summed E-state index contributed by atoms with van der Waals surface area (Å²) in [7, 11) is 0. The minimum Gasteiger partial charge on any atom is -0.378 e. The third kappa shape index (κ3) is 34.5. The Morgan fingerprint density at radius 3 is 1.50 bits per heavy atom. The summed E-state index contributed by atoms with van der Waals surface area (Å²) in [5.41, 5.74) is 5.34. The average molecular weight is 563 g/mol. The van der Waals surface area contributed by atoms with Crippen LogP contribution in [0.5, 0.6) is 0 Å². The summed E-state index contributed by atoms with van der Waals surface area (Å²) in [6, 6.07) is 0. The molecule has 0 spiro atoms. The van der Waals surface area contributed by atoms with Crippen LogP contribution in [-0.2, 0) is 19.0 Å². The minimum atomic E-state index is 0.108. The van der Waals surface area contributed by atoms with E-state index in [-0.39, 0.29) is 5.91 Å². The fourth-order valence-corrected chi connectivity index (χ4v) is 4.27. The molecule has 0 rings (SSSR count). The summed E-state index contributed by atoms with van der Waals surface area (Å²) in [6.45, 7) is 6.56. The van der Waals surface area contributed by atoms with E-state index in [1.54, 1.807) is 0 Å². The van der Waals surface area contributed by atoms with E-state index >= 15 is 0 Å². The van der Waals surface area contributed by atoms with Crippen LogP contribution in [0.3, 0.4) is 0 Å². The molecule has 0 heterocycles. The van der Waals surface area contributed by atoms with Gasteiger partial charge in [0.2, 0.25) is 5.91 Å². The third-order valence-electron chi connectivity index (χ3n) is 6.67. The van der Waals surface area contributed by atoms with E-state index in [9.17, 15) is 4.79 Å². The first-order chi connectivity index (χ1) is 19.8. The molecule has 0 aromatic carbocycles. The Morgan fingerprint density at radius 1 is 0.575 bits per heavy atom. The third-order valence-corrected chi connectivity index (χ3v) is 6.67. The highest BCUT2D eigenvalue weighted by Gasteiger charge is 2.00. The number of nitrogens with two attached hydrogens (primary N) is 1. The Morgan fingerprint density at radius 2 is 1.00 bits per heavy atom. The van der Waals surface area contributed by atoms with Crippen molar-refractivity contribution in [1.29, 1.82) is 0 Å². The van der Waals surface area contributed by atoms with E-state index in [4.69, 9.17) is 19.9 Å². The van der Waals surface area contributed by atoms with Crippen LogP contribution in [0.1, 0.15) is 135 Å². The van der Waals surface area contributed by atoms with E-state index < -0.39 is 0 Å².